The lowest BCUT2D eigenvalue weighted by Gasteiger charge is -2.20. The van der Waals surface area contributed by atoms with Crippen LogP contribution in [0.15, 0.2) is 57.2 Å². The molecule has 1 aliphatic rings. The highest BCUT2D eigenvalue weighted by atomic mass is 16.3. The molecule has 1 atom stereocenters. The van der Waals surface area contributed by atoms with Gasteiger partial charge in [0.15, 0.2) is 0 Å². The molecule has 4 nitrogen and oxygen atoms in total. The Morgan fingerprint density at radius 3 is 2.45 bits per heavy atom. The van der Waals surface area contributed by atoms with Crippen LogP contribution < -0.4 is 0 Å². The molecule has 0 spiro atoms. The maximum absolute atomic E-state index is 10.0. The number of hydrogen-bond donors (Lipinski definition) is 1. The van der Waals surface area contributed by atoms with Gasteiger partial charge in [0.25, 0.3) is 0 Å². The Bertz CT molecular complexity index is 726. The van der Waals surface area contributed by atoms with E-state index in [1.165, 1.54) is 25.7 Å². The first-order valence-corrected chi connectivity index (χ1v) is 10.7. The van der Waals surface area contributed by atoms with E-state index in [9.17, 15) is 10.4 Å². The van der Waals surface area contributed by atoms with Crippen molar-refractivity contribution >= 4 is 11.9 Å². The number of aliphatic imine (C=N–C) groups is 2. The van der Waals surface area contributed by atoms with Gasteiger partial charge in [0.2, 0.25) is 0 Å². The number of hydrogen-bond acceptors (Lipinski definition) is 4. The van der Waals surface area contributed by atoms with E-state index in [1.807, 2.05) is 45.9 Å². The Hall–Kier alpha value is -2.25. The molecule has 0 aromatic carbocycles. The number of nitrogens with zero attached hydrogens (tertiary/aromatic N) is 3. The minimum atomic E-state index is -0.145. The van der Waals surface area contributed by atoms with Crippen LogP contribution in [0.1, 0.15) is 66.2 Å². The van der Waals surface area contributed by atoms with Gasteiger partial charge in [0.1, 0.15) is 0 Å². The molecule has 0 radical (unpaired) electrons. The Balaban J connectivity index is 3.14. The summed E-state index contributed by atoms with van der Waals surface area (Å²) in [6.07, 6.45) is 14.2. The summed E-state index contributed by atoms with van der Waals surface area (Å²) in [5.74, 6) is 1.05. The minimum absolute atomic E-state index is 0.145. The first-order chi connectivity index (χ1) is 14.0. The fraction of sp³-hybridized carbons (Fsp3) is 0.560. The quantitative estimate of drug-likeness (QED) is 0.346. The van der Waals surface area contributed by atoms with Gasteiger partial charge >= 0.3 is 0 Å². The largest absolute Gasteiger partial charge is 0.390 e. The van der Waals surface area contributed by atoms with Gasteiger partial charge in [-0.2, -0.15) is 5.26 Å². The van der Waals surface area contributed by atoms with E-state index < -0.39 is 0 Å². The molecule has 29 heavy (non-hydrogen) atoms. The Kier molecular flexibility index (Phi) is 11.8. The molecular weight excluding hydrogens is 358 g/mol. The lowest BCUT2D eigenvalue weighted by Crippen LogP contribution is -2.15. The van der Waals surface area contributed by atoms with Crippen LogP contribution >= 0.6 is 0 Å². The molecule has 0 saturated heterocycles. The topological polar surface area (TPSA) is 68.7 Å². The minimum Gasteiger partial charge on any atom is -0.390 e. The lowest BCUT2D eigenvalue weighted by atomic mass is 9.86. The van der Waals surface area contributed by atoms with Crippen LogP contribution in [0.3, 0.4) is 0 Å². The highest BCUT2D eigenvalue weighted by molar-refractivity contribution is 6.05. The molecule has 0 heterocycles. The summed E-state index contributed by atoms with van der Waals surface area (Å²) in [6.45, 7) is 12.3. The van der Waals surface area contributed by atoms with Gasteiger partial charge in [-0.3, -0.25) is 9.98 Å². The molecule has 0 aromatic heterocycles. The van der Waals surface area contributed by atoms with Gasteiger partial charge in [-0.15, -0.1) is 0 Å². The van der Waals surface area contributed by atoms with Crippen molar-refractivity contribution in [2.75, 3.05) is 13.2 Å². The Labute approximate surface area is 177 Å². The van der Waals surface area contributed by atoms with Crippen molar-refractivity contribution in [2.24, 2.45) is 21.8 Å². The molecule has 1 saturated carbocycles. The number of allylic oxidation sites excluding steroid dienone is 6. The average molecular weight is 396 g/mol. The van der Waals surface area contributed by atoms with Crippen LogP contribution in [0.4, 0.5) is 0 Å². The summed E-state index contributed by atoms with van der Waals surface area (Å²) in [4.78, 5) is 9.32. The van der Waals surface area contributed by atoms with E-state index in [1.54, 1.807) is 6.21 Å². The SMILES string of the molecule is C=C(C)C(/C=C\C)=C(/N=C\C)C(=C\C)\C(CO)=N/CCC(CC#N)C1CCCC1. The average Bonchev–Trinajstić information content (AvgIpc) is 3.24. The van der Waals surface area contributed by atoms with Crippen molar-refractivity contribution in [2.45, 2.75) is 66.2 Å². The molecule has 0 bridgehead atoms. The number of aliphatic hydroxyl groups excluding tert-OH is 1. The van der Waals surface area contributed by atoms with Crippen molar-refractivity contribution in [1.82, 2.24) is 0 Å². The number of rotatable bonds is 11. The molecule has 0 amide bonds. The van der Waals surface area contributed by atoms with E-state index in [0.29, 0.717) is 30.5 Å². The summed E-state index contributed by atoms with van der Waals surface area (Å²) >= 11 is 0. The summed E-state index contributed by atoms with van der Waals surface area (Å²) in [5, 5.41) is 19.2. The monoisotopic (exact) mass is 395 g/mol. The first kappa shape index (κ1) is 24.8. The fourth-order valence-electron chi connectivity index (χ4n) is 4.08. The molecule has 158 valence electrons. The van der Waals surface area contributed by atoms with Gasteiger partial charge in [-0.25, -0.2) is 0 Å². The van der Waals surface area contributed by atoms with Crippen LogP contribution in [0.2, 0.25) is 0 Å². The highest BCUT2D eigenvalue weighted by Gasteiger charge is 2.24. The van der Waals surface area contributed by atoms with E-state index >= 15 is 0 Å². The standard InChI is InChI=1S/C25H37N3O/c1-6-11-23(19(4)5)25(27-8-3)22(7-2)24(18-29)28-17-15-21(14-16-26)20-12-9-10-13-20/h6-8,11,20-21,29H,4,9-10,12-15,17-18H2,1-3,5H3/b11-6-,22-7+,25-23+,27-8-,28-24-. The predicted octanol–water partition coefficient (Wildman–Crippen LogP) is 5.97. The zero-order valence-electron chi connectivity index (χ0n) is 18.6. The lowest BCUT2D eigenvalue weighted by molar-refractivity contribution is 0.327. The molecular formula is C25H37N3O. The predicted molar refractivity (Wildman–Crippen MR) is 124 cm³/mol. The summed E-state index contributed by atoms with van der Waals surface area (Å²) in [7, 11) is 0. The number of nitriles is 1. The molecule has 1 fully saturated rings. The van der Waals surface area contributed by atoms with Crippen LogP contribution in [0.5, 0.6) is 0 Å². The van der Waals surface area contributed by atoms with Crippen molar-refractivity contribution in [1.29, 1.82) is 5.26 Å². The summed E-state index contributed by atoms with van der Waals surface area (Å²) in [5.41, 5.74) is 4.10. The Morgan fingerprint density at radius 2 is 1.97 bits per heavy atom. The van der Waals surface area contributed by atoms with Gasteiger partial charge in [-0.05, 0) is 51.5 Å². The normalized spacial score (nSPS) is 18.3. The Morgan fingerprint density at radius 1 is 1.28 bits per heavy atom. The molecule has 1 unspecified atom stereocenters. The number of aliphatic hydroxyl groups is 1. The highest BCUT2D eigenvalue weighted by Crippen LogP contribution is 2.34. The fourth-order valence-corrected chi connectivity index (χ4v) is 4.08. The van der Waals surface area contributed by atoms with E-state index in [2.05, 4.69) is 17.6 Å². The second-order valence-electron chi connectivity index (χ2n) is 7.57. The summed E-state index contributed by atoms with van der Waals surface area (Å²) in [6, 6.07) is 2.35. The van der Waals surface area contributed by atoms with Crippen molar-refractivity contribution < 1.29 is 5.11 Å². The van der Waals surface area contributed by atoms with Crippen molar-refractivity contribution in [3.63, 3.8) is 0 Å². The van der Waals surface area contributed by atoms with Gasteiger partial charge in [-0.1, -0.05) is 50.5 Å². The first-order valence-electron chi connectivity index (χ1n) is 10.7. The third-order valence-electron chi connectivity index (χ3n) is 5.53. The second kappa shape index (κ2) is 13.8. The van der Waals surface area contributed by atoms with Crippen LogP contribution in [-0.2, 0) is 0 Å². The van der Waals surface area contributed by atoms with E-state index in [-0.39, 0.29) is 6.61 Å². The van der Waals surface area contributed by atoms with E-state index in [4.69, 9.17) is 4.99 Å². The van der Waals surface area contributed by atoms with Gasteiger partial charge in [0, 0.05) is 30.3 Å². The van der Waals surface area contributed by atoms with Crippen molar-refractivity contribution in [3.05, 3.63) is 47.2 Å². The third kappa shape index (κ3) is 7.59. The zero-order chi connectivity index (χ0) is 21.6. The molecule has 1 N–H and O–H groups in total. The van der Waals surface area contributed by atoms with Crippen molar-refractivity contribution in [3.8, 4) is 6.07 Å². The van der Waals surface area contributed by atoms with Gasteiger partial charge < -0.3 is 5.11 Å². The summed E-state index contributed by atoms with van der Waals surface area (Å²) < 4.78 is 0. The maximum Gasteiger partial charge on any atom is 0.0855 e. The van der Waals surface area contributed by atoms with E-state index in [0.717, 1.165) is 28.8 Å². The zero-order valence-corrected chi connectivity index (χ0v) is 18.6. The van der Waals surface area contributed by atoms with Crippen LogP contribution in [0.25, 0.3) is 0 Å². The maximum atomic E-state index is 10.0. The molecule has 1 aliphatic carbocycles. The van der Waals surface area contributed by atoms with Crippen LogP contribution in [0, 0.1) is 23.2 Å². The smallest absolute Gasteiger partial charge is 0.0855 e. The van der Waals surface area contributed by atoms with Gasteiger partial charge in [0.05, 0.1) is 24.1 Å². The van der Waals surface area contributed by atoms with Crippen LogP contribution in [-0.4, -0.2) is 30.2 Å². The second-order valence-corrected chi connectivity index (χ2v) is 7.57. The molecule has 0 aliphatic heterocycles. The third-order valence-corrected chi connectivity index (χ3v) is 5.53. The molecule has 4 heteroatoms. The molecule has 1 rings (SSSR count). The molecule has 0 aromatic rings.